The predicted octanol–water partition coefficient (Wildman–Crippen LogP) is 2.79. The second kappa shape index (κ2) is 6.42. The van der Waals surface area contributed by atoms with E-state index in [0.717, 1.165) is 0 Å². The van der Waals surface area contributed by atoms with Gasteiger partial charge in [0.15, 0.2) is 6.10 Å². The third kappa shape index (κ3) is 4.78. The molecule has 0 heterocycles. The van der Waals surface area contributed by atoms with Gasteiger partial charge >= 0.3 is 12.1 Å². The molecule has 1 aromatic rings. The van der Waals surface area contributed by atoms with Crippen LogP contribution in [0.5, 0.6) is 5.75 Å². The van der Waals surface area contributed by atoms with E-state index < -0.39 is 24.9 Å². The molecule has 1 rings (SSSR count). The molecular weight excluding hydrogens is 265 g/mol. The molecule has 0 saturated heterocycles. The quantitative estimate of drug-likeness (QED) is 0.869. The van der Waals surface area contributed by atoms with Crippen LogP contribution in [0, 0.1) is 0 Å². The maximum atomic E-state index is 12.8. The van der Waals surface area contributed by atoms with E-state index in [4.69, 9.17) is 9.84 Å². The minimum atomic E-state index is -4.68. The van der Waals surface area contributed by atoms with Gasteiger partial charge in [-0.15, -0.1) is 0 Å². The number of hydrogen-bond acceptors (Lipinski definition) is 3. The summed E-state index contributed by atoms with van der Waals surface area (Å²) >= 11 is 0. The van der Waals surface area contributed by atoms with Crippen molar-refractivity contribution < 1.29 is 32.5 Å². The topological polar surface area (TPSA) is 55.8 Å². The summed E-state index contributed by atoms with van der Waals surface area (Å²) in [5.74, 6) is -1.02. The largest absolute Gasteiger partial charge is 0.494 e. The van der Waals surface area contributed by atoms with Gasteiger partial charge in [0.1, 0.15) is 12.4 Å². The lowest BCUT2D eigenvalue weighted by Gasteiger charge is -2.20. The fourth-order valence-electron chi connectivity index (χ4n) is 1.44. The van der Waals surface area contributed by atoms with Crippen molar-refractivity contribution in [3.05, 3.63) is 29.8 Å². The minimum absolute atomic E-state index is 0.169. The Balaban J connectivity index is 2.87. The van der Waals surface area contributed by atoms with Gasteiger partial charge in [-0.25, -0.2) is 4.79 Å². The summed E-state index contributed by atoms with van der Waals surface area (Å²) in [5, 5.41) is 8.38. The molecule has 1 aromatic carbocycles. The maximum Gasteiger partial charge on any atom is 0.418 e. The maximum absolute atomic E-state index is 12.8. The molecule has 0 radical (unpaired) electrons. The molecule has 106 valence electrons. The summed E-state index contributed by atoms with van der Waals surface area (Å²) in [4.78, 5) is 10.3. The molecule has 7 heteroatoms. The van der Waals surface area contributed by atoms with E-state index in [1.165, 1.54) is 24.3 Å². The van der Waals surface area contributed by atoms with Crippen molar-refractivity contribution in [2.24, 2.45) is 0 Å². The molecule has 1 N–H and O–H groups in total. The Morgan fingerprint density at radius 2 is 1.89 bits per heavy atom. The molecule has 4 nitrogen and oxygen atoms in total. The molecular formula is C12H13F3O4. The van der Waals surface area contributed by atoms with Gasteiger partial charge in [0.2, 0.25) is 0 Å². The second-order valence-corrected chi connectivity index (χ2v) is 3.63. The van der Waals surface area contributed by atoms with Crippen LogP contribution in [-0.2, 0) is 9.53 Å². The number of hydrogen-bond donors (Lipinski definition) is 1. The first-order valence-electron chi connectivity index (χ1n) is 5.47. The molecule has 0 unspecified atom stereocenters. The highest BCUT2D eigenvalue weighted by molar-refractivity contribution is 5.68. The molecule has 0 aromatic heterocycles. The van der Waals surface area contributed by atoms with Crippen LogP contribution in [0.2, 0.25) is 0 Å². The predicted molar refractivity (Wildman–Crippen MR) is 60.0 cm³/mol. The van der Waals surface area contributed by atoms with Crippen molar-refractivity contribution in [3.8, 4) is 5.75 Å². The molecule has 0 saturated carbocycles. The Labute approximate surface area is 107 Å². The van der Waals surface area contributed by atoms with E-state index in [0.29, 0.717) is 12.4 Å². The zero-order valence-corrected chi connectivity index (χ0v) is 10.1. The van der Waals surface area contributed by atoms with Crippen molar-refractivity contribution in [1.29, 1.82) is 0 Å². The van der Waals surface area contributed by atoms with Crippen LogP contribution in [0.25, 0.3) is 0 Å². The highest BCUT2D eigenvalue weighted by Gasteiger charge is 2.42. The summed E-state index contributed by atoms with van der Waals surface area (Å²) in [6.45, 7) is 1.14. The van der Waals surface area contributed by atoms with Gasteiger partial charge in [-0.3, -0.25) is 0 Å². The van der Waals surface area contributed by atoms with Gasteiger partial charge in [-0.2, -0.15) is 13.2 Å². The lowest BCUT2D eigenvalue weighted by molar-refractivity contribution is -0.225. The first-order valence-corrected chi connectivity index (χ1v) is 5.47. The summed E-state index contributed by atoms with van der Waals surface area (Å²) in [6, 6.07) is 5.15. The van der Waals surface area contributed by atoms with E-state index >= 15 is 0 Å². The summed E-state index contributed by atoms with van der Waals surface area (Å²) in [6.07, 6.45) is -6.94. The molecule has 0 amide bonds. The Morgan fingerprint density at radius 1 is 1.32 bits per heavy atom. The van der Waals surface area contributed by atoms with Crippen LogP contribution in [0.1, 0.15) is 18.6 Å². The number of aliphatic carboxylic acids is 1. The van der Waals surface area contributed by atoms with Crippen molar-refractivity contribution >= 4 is 5.97 Å². The van der Waals surface area contributed by atoms with Crippen molar-refractivity contribution in [1.82, 2.24) is 0 Å². The van der Waals surface area contributed by atoms with Crippen LogP contribution in [0.4, 0.5) is 13.2 Å². The highest BCUT2D eigenvalue weighted by Crippen LogP contribution is 2.36. The molecule has 0 fully saturated rings. The van der Waals surface area contributed by atoms with E-state index in [1.54, 1.807) is 6.92 Å². The lowest BCUT2D eigenvalue weighted by atomic mass is 10.1. The number of ether oxygens (including phenoxy) is 2. The number of carboxylic acids is 1. The van der Waals surface area contributed by atoms with Gasteiger partial charge in [0.05, 0.1) is 6.61 Å². The number of carbonyl (C=O) groups is 1. The van der Waals surface area contributed by atoms with E-state index in [9.17, 15) is 18.0 Å². The SMILES string of the molecule is CCOc1ccc([C@@H](OCC(=O)O)C(F)(F)F)cc1. The minimum Gasteiger partial charge on any atom is -0.494 e. The van der Waals surface area contributed by atoms with Crippen LogP contribution in [0.15, 0.2) is 24.3 Å². The summed E-state index contributed by atoms with van der Waals surface area (Å²) < 4.78 is 47.8. The Morgan fingerprint density at radius 3 is 2.32 bits per heavy atom. The lowest BCUT2D eigenvalue weighted by Crippen LogP contribution is -2.25. The molecule has 19 heavy (non-hydrogen) atoms. The first-order chi connectivity index (χ1) is 8.84. The summed E-state index contributed by atoms with van der Waals surface area (Å²) in [7, 11) is 0. The number of benzene rings is 1. The normalized spacial score (nSPS) is 13.1. The highest BCUT2D eigenvalue weighted by atomic mass is 19.4. The van der Waals surface area contributed by atoms with E-state index in [2.05, 4.69) is 4.74 Å². The van der Waals surface area contributed by atoms with Gasteiger partial charge in [-0.1, -0.05) is 12.1 Å². The average molecular weight is 278 g/mol. The van der Waals surface area contributed by atoms with Crippen LogP contribution >= 0.6 is 0 Å². The van der Waals surface area contributed by atoms with Crippen molar-refractivity contribution in [3.63, 3.8) is 0 Å². The second-order valence-electron chi connectivity index (χ2n) is 3.63. The Kier molecular flexibility index (Phi) is 5.17. The molecule has 0 bridgehead atoms. The number of halogens is 3. The van der Waals surface area contributed by atoms with Crippen LogP contribution < -0.4 is 4.74 Å². The van der Waals surface area contributed by atoms with Crippen LogP contribution in [-0.4, -0.2) is 30.5 Å². The monoisotopic (exact) mass is 278 g/mol. The third-order valence-corrected chi connectivity index (χ3v) is 2.16. The summed E-state index contributed by atoms with van der Waals surface area (Å²) in [5.41, 5.74) is -0.169. The zero-order valence-electron chi connectivity index (χ0n) is 10.1. The Bertz CT molecular complexity index is 414. The van der Waals surface area contributed by atoms with Crippen molar-refractivity contribution in [2.75, 3.05) is 13.2 Å². The number of carboxylic acid groups (broad SMARTS) is 1. The van der Waals surface area contributed by atoms with E-state index in [1.807, 2.05) is 0 Å². The fourth-order valence-corrected chi connectivity index (χ4v) is 1.44. The standard InChI is InChI=1S/C12H13F3O4/c1-2-18-9-5-3-8(4-6-9)11(12(13,14)15)19-7-10(16)17/h3-6,11H,2,7H2,1H3,(H,16,17)/t11-/m1/s1. The van der Waals surface area contributed by atoms with Gasteiger partial charge in [0.25, 0.3) is 0 Å². The van der Waals surface area contributed by atoms with Crippen LogP contribution in [0.3, 0.4) is 0 Å². The molecule has 0 aliphatic carbocycles. The van der Waals surface area contributed by atoms with Crippen molar-refractivity contribution in [2.45, 2.75) is 19.2 Å². The number of alkyl halides is 3. The zero-order chi connectivity index (χ0) is 14.5. The first kappa shape index (κ1) is 15.3. The van der Waals surface area contributed by atoms with Gasteiger partial charge < -0.3 is 14.6 Å². The third-order valence-electron chi connectivity index (χ3n) is 2.16. The fraction of sp³-hybridized carbons (Fsp3) is 0.417. The molecule has 1 atom stereocenters. The molecule has 0 spiro atoms. The van der Waals surface area contributed by atoms with E-state index in [-0.39, 0.29) is 5.56 Å². The number of rotatable bonds is 6. The van der Waals surface area contributed by atoms with Gasteiger partial charge in [0, 0.05) is 0 Å². The smallest absolute Gasteiger partial charge is 0.418 e. The molecule has 0 aliphatic heterocycles. The van der Waals surface area contributed by atoms with Gasteiger partial charge in [-0.05, 0) is 24.6 Å². The Hall–Kier alpha value is -1.76. The molecule has 0 aliphatic rings. The average Bonchev–Trinajstić information content (AvgIpc) is 2.29.